The highest BCUT2D eigenvalue weighted by molar-refractivity contribution is 5.88. The number of aryl methyl sites for hydroxylation is 2. The van der Waals surface area contributed by atoms with Crippen molar-refractivity contribution < 1.29 is 4.42 Å². The van der Waals surface area contributed by atoms with E-state index < -0.39 is 0 Å². The summed E-state index contributed by atoms with van der Waals surface area (Å²) in [6.45, 7) is 7.02. The van der Waals surface area contributed by atoms with Crippen molar-refractivity contribution in [1.29, 1.82) is 0 Å². The highest BCUT2D eigenvalue weighted by atomic mass is 16.4. The van der Waals surface area contributed by atoms with E-state index in [1.54, 1.807) is 6.92 Å². The monoisotopic (exact) mass is 317 g/mol. The molecule has 120 valence electrons. The van der Waals surface area contributed by atoms with Gasteiger partial charge in [-0.15, -0.1) is 10.2 Å². The summed E-state index contributed by atoms with van der Waals surface area (Å²) in [7, 11) is 0. The zero-order valence-electron chi connectivity index (χ0n) is 14.1. The van der Waals surface area contributed by atoms with Crippen molar-refractivity contribution in [3.63, 3.8) is 0 Å². The minimum Gasteiger partial charge on any atom is -0.421 e. The molecule has 0 radical (unpaired) electrons. The largest absolute Gasteiger partial charge is 0.421 e. The predicted octanol–water partition coefficient (Wildman–Crippen LogP) is 4.66. The first-order valence-electron chi connectivity index (χ1n) is 8.07. The van der Waals surface area contributed by atoms with Crippen molar-refractivity contribution in [2.45, 2.75) is 27.3 Å². The second-order valence-corrected chi connectivity index (χ2v) is 6.14. The quantitative estimate of drug-likeness (QED) is 0.552. The Hall–Kier alpha value is -2.88. The van der Waals surface area contributed by atoms with Crippen molar-refractivity contribution in [2.24, 2.45) is 0 Å². The van der Waals surface area contributed by atoms with Crippen LogP contribution in [0.5, 0.6) is 0 Å². The molecule has 0 N–H and O–H groups in total. The van der Waals surface area contributed by atoms with Gasteiger partial charge in [-0.1, -0.05) is 30.3 Å². The van der Waals surface area contributed by atoms with Crippen LogP contribution < -0.4 is 0 Å². The zero-order chi connectivity index (χ0) is 16.7. The van der Waals surface area contributed by atoms with E-state index in [0.29, 0.717) is 11.8 Å². The number of hydrogen-bond acceptors (Lipinski definition) is 3. The Bertz CT molecular complexity index is 1010. The fourth-order valence-electron chi connectivity index (χ4n) is 3.17. The van der Waals surface area contributed by atoms with Crippen LogP contribution in [0, 0.1) is 20.8 Å². The van der Waals surface area contributed by atoms with Gasteiger partial charge in [-0.3, -0.25) is 0 Å². The summed E-state index contributed by atoms with van der Waals surface area (Å²) >= 11 is 0. The van der Waals surface area contributed by atoms with Crippen LogP contribution in [0.1, 0.15) is 22.7 Å². The normalized spacial score (nSPS) is 11.3. The minimum absolute atomic E-state index is 0.572. The molecule has 4 aromatic rings. The molecule has 0 aliphatic heterocycles. The average molecular weight is 317 g/mol. The molecule has 2 aromatic carbocycles. The molecule has 0 bridgehead atoms. The summed E-state index contributed by atoms with van der Waals surface area (Å²) in [5.41, 5.74) is 6.07. The molecule has 0 aliphatic rings. The molecule has 0 spiro atoms. The average Bonchev–Trinajstić information content (AvgIpc) is 3.13. The maximum absolute atomic E-state index is 5.56. The molecular formula is C20H19N3O. The standard InChI is InChI=1S/C20H19N3O/c1-13-14(2)23(12-16-7-5-4-6-8-16)19-10-9-17(11-18(13)19)20-22-21-15(3)24-20/h4-11H,12H2,1-3H3. The molecule has 2 heterocycles. The number of rotatable bonds is 3. The van der Waals surface area contributed by atoms with Gasteiger partial charge in [0.05, 0.1) is 0 Å². The molecule has 0 unspecified atom stereocenters. The van der Waals surface area contributed by atoms with Crippen LogP contribution >= 0.6 is 0 Å². The third-order valence-corrected chi connectivity index (χ3v) is 4.60. The van der Waals surface area contributed by atoms with Crippen LogP contribution in [0.3, 0.4) is 0 Å². The highest BCUT2D eigenvalue weighted by Crippen LogP contribution is 2.30. The molecule has 4 rings (SSSR count). The molecule has 0 atom stereocenters. The van der Waals surface area contributed by atoms with Gasteiger partial charge in [0.1, 0.15) is 0 Å². The Morgan fingerprint density at radius 1 is 0.958 bits per heavy atom. The van der Waals surface area contributed by atoms with Crippen molar-refractivity contribution in [1.82, 2.24) is 14.8 Å². The van der Waals surface area contributed by atoms with Crippen LogP contribution in [0.4, 0.5) is 0 Å². The minimum atomic E-state index is 0.572. The lowest BCUT2D eigenvalue weighted by molar-refractivity contribution is 0.533. The third kappa shape index (κ3) is 2.40. The van der Waals surface area contributed by atoms with E-state index in [-0.39, 0.29) is 0 Å². The van der Waals surface area contributed by atoms with Crippen molar-refractivity contribution in [3.05, 3.63) is 71.2 Å². The molecule has 0 fully saturated rings. The number of aromatic nitrogens is 3. The van der Waals surface area contributed by atoms with Crippen LogP contribution in [0.15, 0.2) is 52.9 Å². The first-order chi connectivity index (χ1) is 11.6. The van der Waals surface area contributed by atoms with Crippen LogP contribution in [-0.4, -0.2) is 14.8 Å². The van der Waals surface area contributed by atoms with Gasteiger partial charge in [0.2, 0.25) is 11.8 Å². The van der Waals surface area contributed by atoms with Gasteiger partial charge in [0.25, 0.3) is 0 Å². The summed E-state index contributed by atoms with van der Waals surface area (Å²) < 4.78 is 7.93. The summed E-state index contributed by atoms with van der Waals surface area (Å²) in [5, 5.41) is 9.28. The van der Waals surface area contributed by atoms with E-state index in [2.05, 4.69) is 71.1 Å². The fraction of sp³-hybridized carbons (Fsp3) is 0.200. The lowest BCUT2D eigenvalue weighted by Gasteiger charge is -2.09. The topological polar surface area (TPSA) is 43.9 Å². The molecular weight excluding hydrogens is 298 g/mol. The Balaban J connectivity index is 1.83. The fourth-order valence-corrected chi connectivity index (χ4v) is 3.17. The van der Waals surface area contributed by atoms with E-state index in [0.717, 1.165) is 12.1 Å². The van der Waals surface area contributed by atoms with Crippen LogP contribution in [0.25, 0.3) is 22.4 Å². The molecule has 4 heteroatoms. The van der Waals surface area contributed by atoms with Gasteiger partial charge >= 0.3 is 0 Å². The highest BCUT2D eigenvalue weighted by Gasteiger charge is 2.14. The number of benzene rings is 2. The lowest BCUT2D eigenvalue weighted by atomic mass is 10.1. The second-order valence-electron chi connectivity index (χ2n) is 6.14. The molecule has 24 heavy (non-hydrogen) atoms. The van der Waals surface area contributed by atoms with Crippen molar-refractivity contribution in [3.8, 4) is 11.5 Å². The molecule has 4 nitrogen and oxygen atoms in total. The Morgan fingerprint density at radius 2 is 1.75 bits per heavy atom. The summed E-state index contributed by atoms with van der Waals surface area (Å²) in [4.78, 5) is 0. The first kappa shape index (κ1) is 14.7. The SMILES string of the molecule is Cc1nnc(-c2ccc3c(c2)c(C)c(C)n3Cc2ccccc2)o1. The van der Waals surface area contributed by atoms with Crippen LogP contribution in [-0.2, 0) is 6.54 Å². The van der Waals surface area contributed by atoms with Gasteiger partial charge in [0.15, 0.2) is 0 Å². The number of nitrogens with zero attached hydrogens (tertiary/aromatic N) is 3. The lowest BCUT2D eigenvalue weighted by Crippen LogP contribution is -2.01. The van der Waals surface area contributed by atoms with Crippen molar-refractivity contribution in [2.75, 3.05) is 0 Å². The van der Waals surface area contributed by atoms with E-state index in [1.807, 2.05) is 6.07 Å². The van der Waals surface area contributed by atoms with Gasteiger partial charge < -0.3 is 8.98 Å². The van der Waals surface area contributed by atoms with E-state index in [9.17, 15) is 0 Å². The second kappa shape index (κ2) is 5.64. The smallest absolute Gasteiger partial charge is 0.247 e. The van der Waals surface area contributed by atoms with Crippen LogP contribution in [0.2, 0.25) is 0 Å². The van der Waals surface area contributed by atoms with E-state index >= 15 is 0 Å². The first-order valence-corrected chi connectivity index (χ1v) is 8.07. The van der Waals surface area contributed by atoms with E-state index in [1.165, 1.54) is 27.7 Å². The third-order valence-electron chi connectivity index (χ3n) is 4.60. The maximum atomic E-state index is 5.56. The number of hydrogen-bond donors (Lipinski definition) is 0. The van der Waals surface area contributed by atoms with Gasteiger partial charge in [0, 0.05) is 35.6 Å². The van der Waals surface area contributed by atoms with Gasteiger partial charge in [-0.2, -0.15) is 0 Å². The summed E-state index contributed by atoms with van der Waals surface area (Å²) in [6.07, 6.45) is 0. The number of fused-ring (bicyclic) bond motifs is 1. The Labute approximate surface area is 140 Å². The van der Waals surface area contributed by atoms with Gasteiger partial charge in [-0.05, 0) is 43.2 Å². The molecule has 2 aromatic heterocycles. The molecule has 0 aliphatic carbocycles. The molecule has 0 saturated heterocycles. The van der Waals surface area contributed by atoms with Crippen molar-refractivity contribution >= 4 is 10.9 Å². The Morgan fingerprint density at radius 3 is 2.46 bits per heavy atom. The Kier molecular flexibility index (Phi) is 3.45. The summed E-state index contributed by atoms with van der Waals surface area (Å²) in [6, 6.07) is 16.9. The zero-order valence-corrected chi connectivity index (χ0v) is 14.1. The maximum Gasteiger partial charge on any atom is 0.247 e. The molecule has 0 saturated carbocycles. The molecule has 0 amide bonds. The predicted molar refractivity (Wildman–Crippen MR) is 95.0 cm³/mol. The van der Waals surface area contributed by atoms with Gasteiger partial charge in [-0.25, -0.2) is 0 Å². The van der Waals surface area contributed by atoms with E-state index in [4.69, 9.17) is 4.42 Å². The summed E-state index contributed by atoms with van der Waals surface area (Å²) in [5.74, 6) is 1.15.